The van der Waals surface area contributed by atoms with Crippen LogP contribution >= 0.6 is 0 Å². The number of ketones is 1. The molecule has 0 aliphatic carbocycles. The number of hydrogen-bond donors (Lipinski definition) is 2. The number of hydrogen-bond acceptors (Lipinski definition) is 3. The number of carbonyl (C=O) groups is 2. The summed E-state index contributed by atoms with van der Waals surface area (Å²) in [6.45, 7) is 11.8. The Balaban J connectivity index is 3.53. The summed E-state index contributed by atoms with van der Waals surface area (Å²) in [6.07, 6.45) is 0.689. The molecular weight excluding hydrogens is 204 g/mol. The Morgan fingerprint density at radius 2 is 1.56 bits per heavy atom. The van der Waals surface area contributed by atoms with E-state index in [2.05, 4.69) is 23.8 Å². The molecule has 0 aliphatic rings. The minimum absolute atomic E-state index is 0.0357. The maximum absolute atomic E-state index is 11.2. The zero-order chi connectivity index (χ0) is 12.6. The van der Waals surface area contributed by atoms with Crippen LogP contribution in [0.25, 0.3) is 0 Å². The van der Waals surface area contributed by atoms with Gasteiger partial charge in [0.2, 0.25) is 5.91 Å². The van der Waals surface area contributed by atoms with Crippen LogP contribution in [-0.2, 0) is 9.59 Å². The second-order valence-corrected chi connectivity index (χ2v) is 3.89. The quantitative estimate of drug-likeness (QED) is 0.480. The molecule has 16 heavy (non-hydrogen) atoms. The van der Waals surface area contributed by atoms with Gasteiger partial charge >= 0.3 is 0 Å². The molecule has 0 bridgehead atoms. The zero-order valence-corrected chi connectivity index (χ0v) is 10.1. The fourth-order valence-electron chi connectivity index (χ4n) is 1.14. The first kappa shape index (κ1) is 14.4. The maximum atomic E-state index is 11.2. The van der Waals surface area contributed by atoms with Gasteiger partial charge in [-0.15, -0.1) is 0 Å². The van der Waals surface area contributed by atoms with Crippen molar-refractivity contribution in [1.82, 2.24) is 10.6 Å². The van der Waals surface area contributed by atoms with Gasteiger partial charge in [-0.2, -0.15) is 0 Å². The lowest BCUT2D eigenvalue weighted by Crippen LogP contribution is -2.31. The molecule has 0 fully saturated rings. The number of Topliss-reactive ketones (excluding diaryl/α,β-unsaturated/α-hetero) is 1. The monoisotopic (exact) mass is 224 g/mol. The fraction of sp³-hybridized carbons (Fsp3) is 0.500. The molecule has 0 aromatic heterocycles. The van der Waals surface area contributed by atoms with Crippen molar-refractivity contribution in [2.75, 3.05) is 13.1 Å². The fourth-order valence-corrected chi connectivity index (χ4v) is 1.14. The van der Waals surface area contributed by atoms with Gasteiger partial charge < -0.3 is 10.6 Å². The Hall–Kier alpha value is -1.58. The molecule has 4 heteroatoms. The lowest BCUT2D eigenvalue weighted by Gasteiger charge is -2.09. The average Bonchev–Trinajstić information content (AvgIpc) is 2.10. The largest absolute Gasteiger partial charge is 0.387 e. The molecule has 0 rings (SSSR count). The third-order valence-corrected chi connectivity index (χ3v) is 1.75. The Labute approximate surface area is 96.8 Å². The molecule has 2 N–H and O–H groups in total. The van der Waals surface area contributed by atoms with Crippen LogP contribution in [0.3, 0.4) is 0 Å². The smallest absolute Gasteiger partial charge is 0.224 e. The molecule has 0 radical (unpaired) electrons. The first-order chi connectivity index (χ1) is 7.41. The molecular formula is C12H20N2O2. The lowest BCUT2D eigenvalue weighted by atomic mass is 10.2. The molecule has 0 saturated heterocycles. The Morgan fingerprint density at radius 1 is 1.00 bits per heavy atom. The summed E-state index contributed by atoms with van der Waals surface area (Å²) < 4.78 is 0. The Bertz CT molecular complexity index is 265. The molecule has 0 atom stereocenters. The molecule has 0 aromatic carbocycles. The second-order valence-electron chi connectivity index (χ2n) is 3.89. The van der Waals surface area contributed by atoms with Crippen LogP contribution in [0.1, 0.15) is 26.7 Å². The van der Waals surface area contributed by atoms with Gasteiger partial charge in [-0.3, -0.25) is 9.59 Å². The summed E-state index contributed by atoms with van der Waals surface area (Å²) in [5, 5.41) is 5.70. The van der Waals surface area contributed by atoms with Crippen LogP contribution in [0.2, 0.25) is 0 Å². The number of nitrogens with one attached hydrogen (secondary N) is 2. The van der Waals surface area contributed by atoms with E-state index in [0.717, 1.165) is 5.57 Å². The number of carbonyl (C=O) groups excluding carboxylic acids is 2. The van der Waals surface area contributed by atoms with Gasteiger partial charge in [0, 0.05) is 31.6 Å². The van der Waals surface area contributed by atoms with Crippen LogP contribution in [0, 0.1) is 0 Å². The summed E-state index contributed by atoms with van der Waals surface area (Å²) in [6, 6.07) is 0. The molecule has 90 valence electrons. The molecule has 0 heterocycles. The zero-order valence-electron chi connectivity index (χ0n) is 10.1. The Morgan fingerprint density at radius 3 is 2.06 bits per heavy atom. The predicted octanol–water partition coefficient (Wildman–Crippen LogP) is 1.15. The molecule has 1 amide bonds. The predicted molar refractivity (Wildman–Crippen MR) is 64.9 cm³/mol. The van der Waals surface area contributed by atoms with E-state index in [1.165, 1.54) is 6.92 Å². The summed E-state index contributed by atoms with van der Waals surface area (Å²) >= 11 is 0. The van der Waals surface area contributed by atoms with Gasteiger partial charge in [0.15, 0.2) is 0 Å². The van der Waals surface area contributed by atoms with E-state index in [0.29, 0.717) is 31.6 Å². The van der Waals surface area contributed by atoms with Gasteiger partial charge in [-0.1, -0.05) is 18.7 Å². The number of rotatable bonds is 8. The minimum atomic E-state index is -0.0357. The van der Waals surface area contributed by atoms with Gasteiger partial charge in [-0.25, -0.2) is 0 Å². The van der Waals surface area contributed by atoms with Crippen LogP contribution < -0.4 is 10.6 Å². The van der Waals surface area contributed by atoms with Crippen LogP contribution in [-0.4, -0.2) is 24.8 Å². The highest BCUT2D eigenvalue weighted by Gasteiger charge is 2.01. The first-order valence-corrected chi connectivity index (χ1v) is 5.24. The van der Waals surface area contributed by atoms with E-state index in [1.807, 2.05) is 6.92 Å². The lowest BCUT2D eigenvalue weighted by molar-refractivity contribution is -0.120. The number of amides is 1. The van der Waals surface area contributed by atoms with Crippen molar-refractivity contribution >= 4 is 11.7 Å². The highest BCUT2D eigenvalue weighted by Crippen LogP contribution is 1.94. The van der Waals surface area contributed by atoms with Crippen molar-refractivity contribution in [2.45, 2.75) is 26.7 Å². The first-order valence-electron chi connectivity index (χ1n) is 5.24. The van der Waals surface area contributed by atoms with Crippen molar-refractivity contribution < 1.29 is 9.59 Å². The van der Waals surface area contributed by atoms with Crippen LogP contribution in [0.5, 0.6) is 0 Å². The van der Waals surface area contributed by atoms with Crippen molar-refractivity contribution in [1.29, 1.82) is 0 Å². The molecule has 0 unspecified atom stereocenters. The molecule has 4 nitrogen and oxygen atoms in total. The third-order valence-electron chi connectivity index (χ3n) is 1.75. The van der Waals surface area contributed by atoms with Crippen molar-refractivity contribution in [3.8, 4) is 0 Å². The second kappa shape index (κ2) is 7.68. The van der Waals surface area contributed by atoms with E-state index in [4.69, 9.17) is 0 Å². The van der Waals surface area contributed by atoms with Crippen molar-refractivity contribution in [2.24, 2.45) is 0 Å². The Kier molecular flexibility index (Phi) is 6.92. The topological polar surface area (TPSA) is 58.2 Å². The van der Waals surface area contributed by atoms with E-state index in [9.17, 15) is 9.59 Å². The molecule has 0 spiro atoms. The summed E-state index contributed by atoms with van der Waals surface area (Å²) in [4.78, 5) is 21.9. The van der Waals surface area contributed by atoms with Crippen molar-refractivity contribution in [3.05, 3.63) is 24.4 Å². The summed E-state index contributed by atoms with van der Waals surface area (Å²) in [7, 11) is 0. The highest BCUT2D eigenvalue weighted by atomic mass is 16.1. The van der Waals surface area contributed by atoms with Crippen molar-refractivity contribution in [3.63, 3.8) is 0 Å². The summed E-state index contributed by atoms with van der Waals surface area (Å²) in [5.41, 5.74) is 1.52. The normalized spacial score (nSPS) is 9.38. The SMILES string of the molecule is C=C(C)CC(=O)NCCNC(=C)CC(C)=O. The average molecular weight is 224 g/mol. The van der Waals surface area contributed by atoms with E-state index < -0.39 is 0 Å². The molecule has 0 saturated carbocycles. The molecule has 0 aromatic rings. The standard InChI is InChI=1S/C12H20N2O2/c1-9(2)7-12(16)14-6-5-13-10(3)8-11(4)15/h13H,1,3,5-8H2,2,4H3,(H,14,16). The molecule has 0 aliphatic heterocycles. The van der Waals surface area contributed by atoms with Gasteiger partial charge in [0.1, 0.15) is 5.78 Å². The van der Waals surface area contributed by atoms with Gasteiger partial charge in [-0.05, 0) is 13.8 Å². The van der Waals surface area contributed by atoms with Gasteiger partial charge in [0.25, 0.3) is 0 Å². The van der Waals surface area contributed by atoms with E-state index >= 15 is 0 Å². The number of allylic oxidation sites excluding steroid dienone is 1. The highest BCUT2D eigenvalue weighted by molar-refractivity contribution is 5.78. The van der Waals surface area contributed by atoms with Gasteiger partial charge in [0.05, 0.1) is 0 Å². The van der Waals surface area contributed by atoms with E-state index in [-0.39, 0.29) is 11.7 Å². The minimum Gasteiger partial charge on any atom is -0.387 e. The summed E-state index contributed by atoms with van der Waals surface area (Å²) in [5.74, 6) is 0.0373. The van der Waals surface area contributed by atoms with E-state index in [1.54, 1.807) is 0 Å². The maximum Gasteiger partial charge on any atom is 0.224 e. The van der Waals surface area contributed by atoms with Crippen LogP contribution in [0.4, 0.5) is 0 Å². The third kappa shape index (κ3) is 8.99. The van der Waals surface area contributed by atoms with Crippen LogP contribution in [0.15, 0.2) is 24.4 Å².